The van der Waals surface area contributed by atoms with Gasteiger partial charge in [0.15, 0.2) is 5.82 Å². The van der Waals surface area contributed by atoms with E-state index in [-0.39, 0.29) is 17.5 Å². The maximum absolute atomic E-state index is 14.9. The number of benzene rings is 2. The number of hydrogen-bond acceptors (Lipinski definition) is 6. The molecular formula is C27H21F2N7O. The Morgan fingerprint density at radius 2 is 1.81 bits per heavy atom. The molecule has 0 atom stereocenters. The van der Waals surface area contributed by atoms with Gasteiger partial charge < -0.3 is 5.32 Å². The minimum Gasteiger partial charge on any atom is -0.349 e. The van der Waals surface area contributed by atoms with Crippen LogP contribution in [0.3, 0.4) is 0 Å². The molecule has 0 unspecified atom stereocenters. The molecule has 5 aromatic rings. The Kier molecular flexibility index (Phi) is 5.63. The zero-order chi connectivity index (χ0) is 25.5. The van der Waals surface area contributed by atoms with Crippen molar-refractivity contribution in [1.82, 2.24) is 35.0 Å². The van der Waals surface area contributed by atoms with E-state index in [1.54, 1.807) is 22.8 Å². The molecule has 3 aromatic heterocycles. The molecule has 8 nitrogen and oxygen atoms in total. The standard InChI is InChI=1S/C27H21F2N7O/c1-15-5-4-7-21(32-15)26-35-34-25(36(26)23-8-3-2-6-20(23)29)16-11-18(12-16)33-27(37)19-13-17(28)14-22-24(19)31-10-9-30-22/h2-10,13-14,16,18H,11-12H2,1H3,(H,33,37). The lowest BCUT2D eigenvalue weighted by Gasteiger charge is -2.35. The normalized spacial score (nSPS) is 16.9. The van der Waals surface area contributed by atoms with Crippen LogP contribution in [0.5, 0.6) is 0 Å². The van der Waals surface area contributed by atoms with Crippen molar-refractivity contribution in [3.63, 3.8) is 0 Å². The van der Waals surface area contributed by atoms with Crippen LogP contribution in [0.2, 0.25) is 0 Å². The van der Waals surface area contributed by atoms with E-state index in [0.717, 1.165) is 5.69 Å². The maximum Gasteiger partial charge on any atom is 0.253 e. The molecule has 1 fully saturated rings. The molecule has 0 spiro atoms. The Bertz CT molecular complexity index is 1650. The van der Waals surface area contributed by atoms with Crippen LogP contribution in [-0.4, -0.2) is 41.7 Å². The zero-order valence-electron chi connectivity index (χ0n) is 19.8. The summed E-state index contributed by atoms with van der Waals surface area (Å²) in [7, 11) is 0. The van der Waals surface area contributed by atoms with Crippen molar-refractivity contribution in [2.45, 2.75) is 31.7 Å². The number of fused-ring (bicyclic) bond motifs is 1. The second-order valence-electron chi connectivity index (χ2n) is 9.05. The zero-order valence-corrected chi connectivity index (χ0v) is 19.8. The van der Waals surface area contributed by atoms with Gasteiger partial charge in [-0.3, -0.25) is 19.3 Å². The number of nitrogens with zero attached hydrogens (tertiary/aromatic N) is 6. The fourth-order valence-corrected chi connectivity index (χ4v) is 4.69. The molecule has 3 heterocycles. The van der Waals surface area contributed by atoms with E-state index in [9.17, 15) is 13.6 Å². The first-order valence-corrected chi connectivity index (χ1v) is 11.8. The van der Waals surface area contributed by atoms with Crippen molar-refractivity contribution in [3.8, 4) is 17.2 Å². The van der Waals surface area contributed by atoms with Gasteiger partial charge >= 0.3 is 0 Å². The van der Waals surface area contributed by atoms with Gasteiger partial charge in [0.2, 0.25) is 0 Å². The quantitative estimate of drug-likeness (QED) is 0.383. The number of halogens is 2. The lowest BCUT2D eigenvalue weighted by atomic mass is 9.79. The monoisotopic (exact) mass is 497 g/mol. The van der Waals surface area contributed by atoms with Crippen LogP contribution in [-0.2, 0) is 0 Å². The number of aryl methyl sites for hydroxylation is 1. The van der Waals surface area contributed by atoms with Crippen LogP contribution in [0, 0.1) is 18.6 Å². The molecule has 1 aliphatic carbocycles. The number of para-hydroxylation sites is 1. The summed E-state index contributed by atoms with van der Waals surface area (Å²) in [6.45, 7) is 1.88. The first kappa shape index (κ1) is 22.8. The number of nitrogens with one attached hydrogen (secondary N) is 1. The highest BCUT2D eigenvalue weighted by atomic mass is 19.1. The van der Waals surface area contributed by atoms with E-state index in [0.29, 0.717) is 46.9 Å². The number of amides is 1. The lowest BCUT2D eigenvalue weighted by molar-refractivity contribution is 0.0908. The number of carbonyl (C=O) groups excluding carboxylic acids is 1. The van der Waals surface area contributed by atoms with E-state index < -0.39 is 17.5 Å². The highest BCUT2D eigenvalue weighted by molar-refractivity contribution is 6.04. The summed E-state index contributed by atoms with van der Waals surface area (Å²) in [6, 6.07) is 14.3. The Balaban J connectivity index is 1.27. The van der Waals surface area contributed by atoms with Crippen LogP contribution in [0.4, 0.5) is 8.78 Å². The lowest BCUT2D eigenvalue weighted by Crippen LogP contribution is -2.44. The third kappa shape index (κ3) is 4.20. The maximum atomic E-state index is 14.9. The Hall–Kier alpha value is -4.60. The van der Waals surface area contributed by atoms with Crippen molar-refractivity contribution in [2.75, 3.05) is 0 Å². The van der Waals surface area contributed by atoms with Gasteiger partial charge in [0.1, 0.15) is 28.7 Å². The van der Waals surface area contributed by atoms with Crippen molar-refractivity contribution in [1.29, 1.82) is 0 Å². The van der Waals surface area contributed by atoms with Crippen LogP contribution in [0.1, 0.15) is 40.6 Å². The average molecular weight is 498 g/mol. The fraction of sp³-hybridized carbons (Fsp3) is 0.185. The summed E-state index contributed by atoms with van der Waals surface area (Å²) in [5.74, 6) is -0.411. The Morgan fingerprint density at radius 1 is 1.00 bits per heavy atom. The minimum atomic E-state index is -0.556. The van der Waals surface area contributed by atoms with Crippen LogP contribution in [0.15, 0.2) is 67.0 Å². The summed E-state index contributed by atoms with van der Waals surface area (Å²) < 4.78 is 30.7. The molecule has 1 aliphatic rings. The first-order chi connectivity index (χ1) is 18.0. The molecule has 1 N–H and O–H groups in total. The largest absolute Gasteiger partial charge is 0.349 e. The predicted octanol–water partition coefficient (Wildman–Crippen LogP) is 4.54. The van der Waals surface area contributed by atoms with E-state index in [1.165, 1.54) is 30.6 Å². The van der Waals surface area contributed by atoms with Gasteiger partial charge in [0, 0.05) is 36.1 Å². The third-order valence-corrected chi connectivity index (χ3v) is 6.52. The van der Waals surface area contributed by atoms with Gasteiger partial charge in [-0.05, 0) is 50.1 Å². The number of aromatic nitrogens is 6. The molecule has 10 heteroatoms. The molecule has 0 radical (unpaired) electrons. The molecule has 6 rings (SSSR count). The summed E-state index contributed by atoms with van der Waals surface area (Å²) in [5, 5.41) is 11.7. The van der Waals surface area contributed by atoms with E-state index >= 15 is 0 Å². The highest BCUT2D eigenvalue weighted by Crippen LogP contribution is 2.39. The summed E-state index contributed by atoms with van der Waals surface area (Å²) in [4.78, 5) is 25.8. The molecule has 37 heavy (non-hydrogen) atoms. The van der Waals surface area contributed by atoms with Gasteiger partial charge in [-0.25, -0.2) is 13.8 Å². The van der Waals surface area contributed by atoms with Crippen LogP contribution >= 0.6 is 0 Å². The molecule has 184 valence electrons. The Morgan fingerprint density at radius 3 is 2.62 bits per heavy atom. The predicted molar refractivity (Wildman–Crippen MR) is 132 cm³/mol. The number of hydrogen-bond donors (Lipinski definition) is 1. The fourth-order valence-electron chi connectivity index (χ4n) is 4.69. The highest BCUT2D eigenvalue weighted by Gasteiger charge is 2.37. The third-order valence-electron chi connectivity index (χ3n) is 6.52. The second kappa shape index (κ2) is 9.12. The topological polar surface area (TPSA) is 98.5 Å². The van der Waals surface area contributed by atoms with Gasteiger partial charge in [-0.15, -0.1) is 10.2 Å². The summed E-state index contributed by atoms with van der Waals surface area (Å²) >= 11 is 0. The van der Waals surface area contributed by atoms with Crippen molar-refractivity contribution in [2.24, 2.45) is 0 Å². The smallest absolute Gasteiger partial charge is 0.253 e. The molecule has 0 saturated heterocycles. The van der Waals surface area contributed by atoms with Crippen LogP contribution in [0.25, 0.3) is 28.2 Å². The van der Waals surface area contributed by atoms with Crippen molar-refractivity contribution < 1.29 is 13.6 Å². The van der Waals surface area contributed by atoms with Crippen molar-refractivity contribution in [3.05, 3.63) is 95.7 Å². The van der Waals surface area contributed by atoms with E-state index in [4.69, 9.17) is 0 Å². The summed E-state index contributed by atoms with van der Waals surface area (Å²) in [6.07, 6.45) is 4.05. The van der Waals surface area contributed by atoms with Gasteiger partial charge in [-0.2, -0.15) is 0 Å². The SMILES string of the molecule is Cc1cccc(-c2nnc(C3CC(NC(=O)c4cc(F)cc5nccnc45)C3)n2-c2ccccc2F)n1. The average Bonchev–Trinajstić information content (AvgIpc) is 3.30. The number of pyridine rings is 1. The molecule has 0 bridgehead atoms. The molecule has 2 aromatic carbocycles. The first-order valence-electron chi connectivity index (χ1n) is 11.8. The number of carbonyl (C=O) groups is 1. The Labute approximate surface area is 210 Å². The van der Waals surface area contributed by atoms with Gasteiger partial charge in [0.25, 0.3) is 5.91 Å². The summed E-state index contributed by atoms with van der Waals surface area (Å²) in [5.41, 5.74) is 2.52. The minimum absolute atomic E-state index is 0.0694. The van der Waals surface area contributed by atoms with Gasteiger partial charge in [-0.1, -0.05) is 18.2 Å². The molecular weight excluding hydrogens is 476 g/mol. The van der Waals surface area contributed by atoms with Crippen molar-refractivity contribution >= 4 is 16.9 Å². The molecule has 1 amide bonds. The number of rotatable bonds is 5. The van der Waals surface area contributed by atoms with Crippen LogP contribution < -0.4 is 5.32 Å². The van der Waals surface area contributed by atoms with Gasteiger partial charge in [0.05, 0.1) is 16.8 Å². The van der Waals surface area contributed by atoms with E-state index in [2.05, 4.69) is 30.5 Å². The molecule has 0 aliphatic heterocycles. The molecule has 1 saturated carbocycles. The van der Waals surface area contributed by atoms with E-state index in [1.807, 2.05) is 25.1 Å². The second-order valence-corrected chi connectivity index (χ2v) is 9.05.